The molecule has 3 nitrogen and oxygen atoms in total. The smallest absolute Gasteiger partial charge is 0.131 e. The van der Waals surface area contributed by atoms with Crippen molar-refractivity contribution >= 4 is 21.7 Å². The minimum Gasteiger partial charge on any atom is -0.383 e. The predicted molar refractivity (Wildman–Crippen MR) is 86.6 cm³/mol. The second kappa shape index (κ2) is 5.60. The first-order chi connectivity index (χ1) is 9.68. The maximum absolute atomic E-state index is 6.29. The van der Waals surface area contributed by atoms with Crippen LogP contribution in [0.5, 0.6) is 0 Å². The van der Waals surface area contributed by atoms with Gasteiger partial charge in [-0.05, 0) is 18.9 Å². The maximum Gasteiger partial charge on any atom is 0.131 e. The lowest BCUT2D eigenvalue weighted by Crippen LogP contribution is -2.11. The van der Waals surface area contributed by atoms with Crippen LogP contribution in [0, 0.1) is 0 Å². The molecule has 1 aliphatic carbocycles. The molecule has 1 aliphatic rings. The number of imidazole rings is 1. The first-order valence-corrected chi connectivity index (χ1v) is 8.04. The molecule has 1 aromatic carbocycles. The number of hydrogen-bond donors (Lipinski definition) is 1. The van der Waals surface area contributed by atoms with Crippen molar-refractivity contribution in [2.75, 3.05) is 5.73 Å². The fourth-order valence-corrected chi connectivity index (χ4v) is 3.58. The van der Waals surface area contributed by atoms with Crippen LogP contribution in [-0.2, 0) is 7.05 Å². The predicted octanol–water partition coefficient (Wildman–Crippen LogP) is 4.48. The largest absolute Gasteiger partial charge is 0.383 e. The van der Waals surface area contributed by atoms with Crippen molar-refractivity contribution in [2.45, 2.75) is 38.0 Å². The Labute approximate surface area is 128 Å². The first-order valence-electron chi connectivity index (χ1n) is 7.25. The summed E-state index contributed by atoms with van der Waals surface area (Å²) >= 11 is 3.59. The third kappa shape index (κ3) is 2.37. The highest BCUT2D eigenvalue weighted by atomic mass is 79.9. The van der Waals surface area contributed by atoms with E-state index in [1.807, 2.05) is 25.2 Å². The summed E-state index contributed by atoms with van der Waals surface area (Å²) in [7, 11) is 2.03. The first kappa shape index (κ1) is 13.7. The van der Waals surface area contributed by atoms with Crippen molar-refractivity contribution in [1.29, 1.82) is 0 Å². The number of nitrogen functional groups attached to an aromatic ring is 1. The molecule has 1 aromatic heterocycles. The summed E-state index contributed by atoms with van der Waals surface area (Å²) in [5.74, 6) is 2.47. The molecule has 0 unspecified atom stereocenters. The molecule has 1 heterocycles. The SMILES string of the molecule is Cn1c(C2CCCCC2)nc(-c2ccccc2Br)c1N. The number of rotatable bonds is 2. The summed E-state index contributed by atoms with van der Waals surface area (Å²) < 4.78 is 3.12. The van der Waals surface area contributed by atoms with Gasteiger partial charge in [-0.15, -0.1) is 0 Å². The lowest BCUT2D eigenvalue weighted by Gasteiger charge is -2.21. The Morgan fingerprint density at radius 1 is 1.20 bits per heavy atom. The van der Waals surface area contributed by atoms with Crippen LogP contribution in [0.15, 0.2) is 28.7 Å². The highest BCUT2D eigenvalue weighted by molar-refractivity contribution is 9.10. The van der Waals surface area contributed by atoms with E-state index in [2.05, 4.69) is 26.6 Å². The van der Waals surface area contributed by atoms with Crippen LogP contribution < -0.4 is 5.73 Å². The molecule has 0 aliphatic heterocycles. The Kier molecular flexibility index (Phi) is 3.83. The molecule has 4 heteroatoms. The molecule has 0 atom stereocenters. The Hall–Kier alpha value is -1.29. The molecular weight excluding hydrogens is 314 g/mol. The lowest BCUT2D eigenvalue weighted by molar-refractivity contribution is 0.422. The number of nitrogens with zero attached hydrogens (tertiary/aromatic N) is 2. The van der Waals surface area contributed by atoms with E-state index < -0.39 is 0 Å². The summed E-state index contributed by atoms with van der Waals surface area (Å²) in [6, 6.07) is 8.13. The molecule has 0 radical (unpaired) electrons. The highest BCUT2D eigenvalue weighted by Crippen LogP contribution is 2.37. The van der Waals surface area contributed by atoms with Gasteiger partial charge in [0.15, 0.2) is 0 Å². The van der Waals surface area contributed by atoms with Gasteiger partial charge in [-0.25, -0.2) is 4.98 Å². The van der Waals surface area contributed by atoms with Gasteiger partial charge in [-0.1, -0.05) is 53.4 Å². The van der Waals surface area contributed by atoms with Crippen LogP contribution in [0.4, 0.5) is 5.82 Å². The zero-order valence-electron chi connectivity index (χ0n) is 11.8. The zero-order chi connectivity index (χ0) is 14.1. The van der Waals surface area contributed by atoms with Gasteiger partial charge in [-0.3, -0.25) is 0 Å². The number of benzene rings is 1. The Morgan fingerprint density at radius 3 is 2.60 bits per heavy atom. The van der Waals surface area contributed by atoms with Crippen molar-refractivity contribution < 1.29 is 0 Å². The Balaban J connectivity index is 2.03. The molecule has 1 saturated carbocycles. The third-order valence-electron chi connectivity index (χ3n) is 4.27. The van der Waals surface area contributed by atoms with Crippen LogP contribution in [0.1, 0.15) is 43.8 Å². The summed E-state index contributed by atoms with van der Waals surface area (Å²) in [5, 5.41) is 0. The van der Waals surface area contributed by atoms with E-state index in [9.17, 15) is 0 Å². The topological polar surface area (TPSA) is 43.8 Å². The summed E-state index contributed by atoms with van der Waals surface area (Å²) in [6.07, 6.45) is 6.44. The minimum absolute atomic E-state index is 0.562. The lowest BCUT2D eigenvalue weighted by atomic mass is 9.89. The van der Waals surface area contributed by atoms with Crippen molar-refractivity contribution in [3.63, 3.8) is 0 Å². The second-order valence-corrected chi connectivity index (χ2v) is 6.43. The van der Waals surface area contributed by atoms with E-state index in [0.717, 1.165) is 27.4 Å². The van der Waals surface area contributed by atoms with Gasteiger partial charge >= 0.3 is 0 Å². The monoisotopic (exact) mass is 333 g/mol. The Bertz CT molecular complexity index is 612. The van der Waals surface area contributed by atoms with Crippen LogP contribution in [0.3, 0.4) is 0 Å². The molecule has 106 valence electrons. The molecule has 0 saturated heterocycles. The van der Waals surface area contributed by atoms with Gasteiger partial charge in [0.1, 0.15) is 17.3 Å². The average molecular weight is 334 g/mol. The highest BCUT2D eigenvalue weighted by Gasteiger charge is 2.23. The van der Waals surface area contributed by atoms with Crippen LogP contribution in [-0.4, -0.2) is 9.55 Å². The number of anilines is 1. The van der Waals surface area contributed by atoms with Gasteiger partial charge in [0, 0.05) is 23.0 Å². The van der Waals surface area contributed by atoms with E-state index in [1.54, 1.807) is 0 Å². The molecule has 2 aromatic rings. The number of halogens is 1. The molecule has 0 amide bonds. The van der Waals surface area contributed by atoms with Crippen molar-refractivity contribution in [1.82, 2.24) is 9.55 Å². The van der Waals surface area contributed by atoms with Crippen molar-refractivity contribution in [2.24, 2.45) is 7.05 Å². The minimum atomic E-state index is 0.562. The summed E-state index contributed by atoms with van der Waals surface area (Å²) in [6.45, 7) is 0. The van der Waals surface area contributed by atoms with E-state index in [-0.39, 0.29) is 0 Å². The van der Waals surface area contributed by atoms with Crippen LogP contribution in [0.2, 0.25) is 0 Å². The molecule has 0 bridgehead atoms. The quantitative estimate of drug-likeness (QED) is 0.880. The molecular formula is C16H20BrN3. The molecule has 20 heavy (non-hydrogen) atoms. The van der Waals surface area contributed by atoms with E-state index >= 15 is 0 Å². The van der Waals surface area contributed by atoms with Crippen molar-refractivity contribution in [3.05, 3.63) is 34.6 Å². The second-order valence-electron chi connectivity index (χ2n) is 5.58. The van der Waals surface area contributed by atoms with Gasteiger partial charge in [0.2, 0.25) is 0 Å². The molecule has 1 fully saturated rings. The standard InChI is InChI=1S/C16H20BrN3/c1-20-15(18)14(12-9-5-6-10-13(12)17)19-16(20)11-7-3-2-4-8-11/h5-6,9-11H,2-4,7-8,18H2,1H3. The fraction of sp³-hybridized carbons (Fsp3) is 0.438. The number of nitrogens with two attached hydrogens (primary N) is 1. The number of hydrogen-bond acceptors (Lipinski definition) is 2. The van der Waals surface area contributed by atoms with E-state index in [1.165, 1.54) is 32.1 Å². The average Bonchev–Trinajstić information content (AvgIpc) is 2.77. The number of aromatic nitrogens is 2. The normalized spacial score (nSPS) is 16.5. The van der Waals surface area contributed by atoms with Crippen LogP contribution in [0.25, 0.3) is 11.3 Å². The summed E-state index contributed by atoms with van der Waals surface area (Å²) in [5.41, 5.74) is 8.27. The maximum atomic E-state index is 6.29. The third-order valence-corrected chi connectivity index (χ3v) is 4.96. The van der Waals surface area contributed by atoms with Gasteiger partial charge in [-0.2, -0.15) is 0 Å². The Morgan fingerprint density at radius 2 is 1.90 bits per heavy atom. The van der Waals surface area contributed by atoms with Crippen LogP contribution >= 0.6 is 15.9 Å². The van der Waals surface area contributed by atoms with E-state index in [0.29, 0.717) is 5.92 Å². The molecule has 3 rings (SSSR count). The van der Waals surface area contributed by atoms with Gasteiger partial charge in [0.25, 0.3) is 0 Å². The molecule has 0 spiro atoms. The van der Waals surface area contributed by atoms with E-state index in [4.69, 9.17) is 10.7 Å². The fourth-order valence-electron chi connectivity index (χ4n) is 3.11. The van der Waals surface area contributed by atoms with Gasteiger partial charge < -0.3 is 10.3 Å². The summed E-state index contributed by atoms with van der Waals surface area (Å²) in [4.78, 5) is 4.87. The molecule has 2 N–H and O–H groups in total. The zero-order valence-corrected chi connectivity index (χ0v) is 13.4. The van der Waals surface area contributed by atoms with Crippen molar-refractivity contribution in [3.8, 4) is 11.3 Å². The van der Waals surface area contributed by atoms with Gasteiger partial charge in [0.05, 0.1) is 0 Å².